The minimum Gasteiger partial charge on any atom is -0.481 e. The number of hydrogen-bond acceptors (Lipinski definition) is 6. The number of piperidine rings is 1. The van der Waals surface area contributed by atoms with Gasteiger partial charge in [-0.3, -0.25) is 14.5 Å². The zero-order valence-electron chi connectivity index (χ0n) is 17.0. The van der Waals surface area contributed by atoms with Crippen molar-refractivity contribution in [3.8, 4) is 0 Å². The molecule has 0 bridgehead atoms. The monoisotopic (exact) mass is 444 g/mol. The smallest absolute Gasteiger partial charge is 0.305 e. The SMILES string of the molecule is O=C(O)CCn1nncc1/C=C1/CN(C(C(=O)C2CC2)c2ccccc2F)CCC1S. The van der Waals surface area contributed by atoms with Crippen LogP contribution in [-0.4, -0.2) is 55.1 Å². The Kier molecular flexibility index (Phi) is 6.52. The molecule has 164 valence electrons. The van der Waals surface area contributed by atoms with Gasteiger partial charge in [-0.05, 0) is 37.0 Å². The van der Waals surface area contributed by atoms with Crippen LogP contribution in [0.1, 0.15) is 43.0 Å². The van der Waals surface area contributed by atoms with Crippen LogP contribution in [0.5, 0.6) is 0 Å². The Morgan fingerprint density at radius 2 is 2.06 bits per heavy atom. The van der Waals surface area contributed by atoms with E-state index in [2.05, 4.69) is 10.3 Å². The number of likely N-dealkylation sites (tertiary alicyclic amines) is 1. The Balaban J connectivity index is 1.60. The van der Waals surface area contributed by atoms with Crippen molar-refractivity contribution in [1.29, 1.82) is 0 Å². The molecule has 1 aliphatic heterocycles. The van der Waals surface area contributed by atoms with E-state index in [1.54, 1.807) is 29.1 Å². The van der Waals surface area contributed by atoms with E-state index in [1.165, 1.54) is 6.07 Å². The number of ketones is 1. The number of rotatable bonds is 8. The van der Waals surface area contributed by atoms with Gasteiger partial charge in [-0.1, -0.05) is 23.4 Å². The number of hydrogen-bond donors (Lipinski definition) is 2. The average molecular weight is 445 g/mol. The molecule has 0 spiro atoms. The summed E-state index contributed by atoms with van der Waals surface area (Å²) >= 11 is 4.71. The highest BCUT2D eigenvalue weighted by Gasteiger charge is 2.40. The summed E-state index contributed by atoms with van der Waals surface area (Å²) in [5, 5.41) is 16.8. The van der Waals surface area contributed by atoms with Crippen LogP contribution in [0.4, 0.5) is 4.39 Å². The van der Waals surface area contributed by atoms with Crippen LogP contribution in [0, 0.1) is 11.7 Å². The van der Waals surface area contributed by atoms with Crippen molar-refractivity contribution in [2.75, 3.05) is 13.1 Å². The largest absolute Gasteiger partial charge is 0.481 e. The van der Waals surface area contributed by atoms with Crippen LogP contribution in [0.2, 0.25) is 0 Å². The van der Waals surface area contributed by atoms with Crippen LogP contribution in [-0.2, 0) is 16.1 Å². The first kappa shape index (κ1) is 21.7. The molecule has 9 heteroatoms. The molecule has 2 unspecified atom stereocenters. The van der Waals surface area contributed by atoms with E-state index in [1.807, 2.05) is 11.0 Å². The number of halogens is 1. The fourth-order valence-corrected chi connectivity index (χ4v) is 4.29. The Bertz CT molecular complexity index is 1000. The van der Waals surface area contributed by atoms with Gasteiger partial charge in [0.05, 0.1) is 30.9 Å². The summed E-state index contributed by atoms with van der Waals surface area (Å²) in [6.07, 6.45) is 5.88. The van der Waals surface area contributed by atoms with Gasteiger partial charge >= 0.3 is 5.97 Å². The molecule has 0 radical (unpaired) electrons. The van der Waals surface area contributed by atoms with Crippen LogP contribution in [0.25, 0.3) is 6.08 Å². The van der Waals surface area contributed by atoms with E-state index in [9.17, 15) is 14.0 Å². The van der Waals surface area contributed by atoms with Crippen LogP contribution >= 0.6 is 12.6 Å². The lowest BCUT2D eigenvalue weighted by Gasteiger charge is -2.37. The first-order chi connectivity index (χ1) is 14.9. The van der Waals surface area contributed by atoms with Gasteiger partial charge in [-0.2, -0.15) is 12.6 Å². The van der Waals surface area contributed by atoms with Gasteiger partial charge in [0.2, 0.25) is 0 Å². The van der Waals surface area contributed by atoms with Gasteiger partial charge in [0.1, 0.15) is 5.82 Å². The maximum atomic E-state index is 14.6. The number of carboxylic acids is 1. The van der Waals surface area contributed by atoms with E-state index in [-0.39, 0.29) is 35.7 Å². The summed E-state index contributed by atoms with van der Waals surface area (Å²) in [7, 11) is 0. The quantitative estimate of drug-likeness (QED) is 0.609. The van der Waals surface area contributed by atoms with E-state index in [0.717, 1.165) is 18.4 Å². The van der Waals surface area contributed by atoms with E-state index in [0.29, 0.717) is 30.8 Å². The molecular weight excluding hydrogens is 419 g/mol. The summed E-state index contributed by atoms with van der Waals surface area (Å²) in [5.74, 6) is -1.19. The fourth-order valence-electron chi connectivity index (χ4n) is 4.02. The molecule has 2 atom stereocenters. The summed E-state index contributed by atoms with van der Waals surface area (Å²) in [6.45, 7) is 1.32. The third-order valence-electron chi connectivity index (χ3n) is 5.84. The standard InChI is InChI=1S/C22H25FN4O3S/c23-18-4-2-1-3-17(18)21(22(30)14-5-6-14)26-9-7-19(31)15(13-26)11-16-12-24-25-27(16)10-8-20(28)29/h1-4,11-12,14,19,21,31H,5-10,13H2,(H,28,29)/b15-11-. The van der Waals surface area contributed by atoms with Crippen LogP contribution < -0.4 is 0 Å². The van der Waals surface area contributed by atoms with Crippen molar-refractivity contribution in [3.05, 3.63) is 53.1 Å². The van der Waals surface area contributed by atoms with Gasteiger partial charge in [-0.15, -0.1) is 5.10 Å². The zero-order chi connectivity index (χ0) is 22.0. The molecule has 1 saturated carbocycles. The molecule has 1 aromatic carbocycles. The van der Waals surface area contributed by atoms with Crippen molar-refractivity contribution in [1.82, 2.24) is 19.9 Å². The summed E-state index contributed by atoms with van der Waals surface area (Å²) in [5.41, 5.74) is 2.08. The highest BCUT2D eigenvalue weighted by molar-refractivity contribution is 7.81. The van der Waals surface area contributed by atoms with E-state index < -0.39 is 12.0 Å². The second-order valence-electron chi connectivity index (χ2n) is 8.12. The number of carboxylic acid groups (broad SMARTS) is 1. The van der Waals surface area contributed by atoms with Crippen molar-refractivity contribution < 1.29 is 19.1 Å². The molecule has 1 N–H and O–H groups in total. The lowest BCUT2D eigenvalue weighted by molar-refractivity contribution is -0.137. The maximum Gasteiger partial charge on any atom is 0.305 e. The zero-order valence-corrected chi connectivity index (χ0v) is 17.9. The van der Waals surface area contributed by atoms with Crippen molar-refractivity contribution in [3.63, 3.8) is 0 Å². The second-order valence-corrected chi connectivity index (χ2v) is 8.74. The molecule has 4 rings (SSSR count). The number of nitrogens with zero attached hydrogens (tertiary/aromatic N) is 4. The predicted octanol–water partition coefficient (Wildman–Crippen LogP) is 3.00. The van der Waals surface area contributed by atoms with Gasteiger partial charge in [0.15, 0.2) is 5.78 Å². The number of carbonyl (C=O) groups is 2. The fraction of sp³-hybridized carbons (Fsp3) is 0.455. The van der Waals surface area contributed by atoms with Crippen LogP contribution in [0.3, 0.4) is 0 Å². The number of thiol groups is 1. The molecule has 7 nitrogen and oxygen atoms in total. The third kappa shape index (κ3) is 5.04. The number of Topliss-reactive ketones (excluding diaryl/α,β-unsaturated/α-hetero) is 1. The number of aryl methyl sites for hydroxylation is 1. The molecule has 2 aromatic rings. The first-order valence-corrected chi connectivity index (χ1v) is 11.0. The van der Waals surface area contributed by atoms with Crippen LogP contribution in [0.15, 0.2) is 36.0 Å². The topological polar surface area (TPSA) is 88.3 Å². The van der Waals surface area contributed by atoms with Crippen molar-refractivity contribution in [2.45, 2.75) is 43.5 Å². The number of carbonyl (C=O) groups excluding carboxylic acids is 1. The van der Waals surface area contributed by atoms with E-state index >= 15 is 0 Å². The average Bonchev–Trinajstić information content (AvgIpc) is 3.50. The highest BCUT2D eigenvalue weighted by Crippen LogP contribution is 2.39. The van der Waals surface area contributed by atoms with Gasteiger partial charge in [0, 0.05) is 29.8 Å². The minimum absolute atomic E-state index is 0.00686. The van der Waals surface area contributed by atoms with Gasteiger partial charge in [0.25, 0.3) is 0 Å². The summed E-state index contributed by atoms with van der Waals surface area (Å²) in [4.78, 5) is 26.1. The maximum absolute atomic E-state index is 14.6. The normalized spacial score (nSPS) is 21.9. The van der Waals surface area contributed by atoms with Gasteiger partial charge in [-0.25, -0.2) is 9.07 Å². The summed E-state index contributed by atoms with van der Waals surface area (Å²) < 4.78 is 16.2. The molecule has 2 aliphatic rings. The molecule has 31 heavy (non-hydrogen) atoms. The highest BCUT2D eigenvalue weighted by atomic mass is 32.1. The molecule has 1 aromatic heterocycles. The molecule has 1 aliphatic carbocycles. The summed E-state index contributed by atoms with van der Waals surface area (Å²) in [6, 6.07) is 5.88. The van der Waals surface area contributed by atoms with Crippen molar-refractivity contribution in [2.24, 2.45) is 5.92 Å². The second kappa shape index (κ2) is 9.32. The number of benzene rings is 1. The Morgan fingerprint density at radius 3 is 2.77 bits per heavy atom. The molecule has 0 amide bonds. The Morgan fingerprint density at radius 1 is 1.29 bits per heavy atom. The molecule has 2 fully saturated rings. The molecule has 2 heterocycles. The lowest BCUT2D eigenvalue weighted by atomic mass is 9.93. The van der Waals surface area contributed by atoms with Crippen molar-refractivity contribution >= 4 is 30.5 Å². The predicted molar refractivity (Wildman–Crippen MR) is 116 cm³/mol. The molecular formula is C22H25FN4O3S. The first-order valence-electron chi connectivity index (χ1n) is 10.4. The third-order valence-corrected chi connectivity index (χ3v) is 6.43. The lowest BCUT2D eigenvalue weighted by Crippen LogP contribution is -2.42. The van der Waals surface area contributed by atoms with Gasteiger partial charge < -0.3 is 5.11 Å². The Labute approximate surface area is 185 Å². The Hall–Kier alpha value is -2.52. The number of aliphatic carboxylic acids is 1. The minimum atomic E-state index is -0.906. The number of aromatic nitrogens is 3. The van der Waals surface area contributed by atoms with E-state index in [4.69, 9.17) is 17.7 Å². The molecule has 1 saturated heterocycles.